The lowest BCUT2D eigenvalue weighted by molar-refractivity contribution is -0.368. The van der Waals surface area contributed by atoms with Crippen LogP contribution in [0, 0.1) is 5.92 Å². The van der Waals surface area contributed by atoms with Crippen LogP contribution in [-0.2, 0) is 25.5 Å². The van der Waals surface area contributed by atoms with E-state index in [2.05, 4.69) is 51.8 Å². The summed E-state index contributed by atoms with van der Waals surface area (Å²) in [7, 11) is 0. The lowest BCUT2D eigenvalue weighted by atomic mass is 9.67. The van der Waals surface area contributed by atoms with E-state index in [0.717, 1.165) is 31.6 Å². The number of nitrogens with zero attached hydrogens (tertiary/aromatic N) is 1. The number of hydroxylamine groups is 2. The minimum Gasteiger partial charge on any atom is -0.491 e. The minimum absolute atomic E-state index is 0.0153. The van der Waals surface area contributed by atoms with Crippen LogP contribution >= 0.6 is 0 Å². The van der Waals surface area contributed by atoms with E-state index in [0.29, 0.717) is 26.2 Å². The predicted octanol–water partition coefficient (Wildman–Crippen LogP) is 3.72. The summed E-state index contributed by atoms with van der Waals surface area (Å²) in [5, 5.41) is 11.9. The molecule has 0 radical (unpaired) electrons. The Morgan fingerprint density at radius 1 is 1.09 bits per heavy atom. The Balaban J connectivity index is 1.42. The molecule has 1 N–H and O–H groups in total. The molecule has 3 aliphatic heterocycles. The van der Waals surface area contributed by atoms with Crippen LogP contribution in [0.2, 0.25) is 0 Å². The monoisotopic (exact) mass is 463 g/mol. The second kappa shape index (κ2) is 9.80. The molecule has 6 atom stereocenters. The molecule has 0 aromatic heterocycles. The number of hydrogen-bond donors (Lipinski definition) is 1. The Hall–Kier alpha value is -1.22. The molecule has 1 aromatic rings. The number of aliphatic hydroxyl groups excluding tert-OH is 1. The van der Waals surface area contributed by atoms with Crippen molar-refractivity contribution in [2.24, 2.45) is 5.92 Å². The third kappa shape index (κ3) is 4.95. The number of aliphatic hydroxyl groups is 1. The number of benzene rings is 1. The molecule has 1 aromatic carbocycles. The van der Waals surface area contributed by atoms with Crippen molar-refractivity contribution in [3.05, 3.63) is 29.8 Å². The van der Waals surface area contributed by atoms with Crippen molar-refractivity contribution in [3.8, 4) is 5.75 Å². The van der Waals surface area contributed by atoms with Crippen molar-refractivity contribution in [1.29, 1.82) is 0 Å². The SMILES string of the molecule is CCC1(C)CC2(OCC(CO)O2)C(C)C(C)(CC)N1OCCc1ccc(OCC2CO2)cc1. The minimum atomic E-state index is -0.690. The fraction of sp³-hybridized carbons (Fsp3) is 0.769. The van der Waals surface area contributed by atoms with Crippen LogP contribution in [0.15, 0.2) is 24.3 Å². The topological polar surface area (TPSA) is 72.9 Å². The first-order chi connectivity index (χ1) is 15.8. The van der Waals surface area contributed by atoms with Gasteiger partial charge in [-0.1, -0.05) is 32.9 Å². The Morgan fingerprint density at radius 3 is 2.39 bits per heavy atom. The molecule has 7 heteroatoms. The quantitative estimate of drug-likeness (QED) is 0.530. The van der Waals surface area contributed by atoms with Crippen LogP contribution in [0.3, 0.4) is 0 Å². The highest BCUT2D eigenvalue weighted by Gasteiger charge is 2.63. The largest absolute Gasteiger partial charge is 0.491 e. The van der Waals surface area contributed by atoms with Crippen molar-refractivity contribution >= 4 is 0 Å². The molecular formula is C26H41NO6. The summed E-state index contributed by atoms with van der Waals surface area (Å²) in [6, 6.07) is 8.24. The summed E-state index contributed by atoms with van der Waals surface area (Å²) >= 11 is 0. The van der Waals surface area contributed by atoms with Crippen LogP contribution in [-0.4, -0.2) is 72.3 Å². The first-order valence-corrected chi connectivity index (χ1v) is 12.5. The number of rotatable bonds is 10. The van der Waals surface area contributed by atoms with Crippen molar-refractivity contribution in [2.75, 3.05) is 33.0 Å². The van der Waals surface area contributed by atoms with E-state index in [1.807, 2.05) is 12.1 Å². The van der Waals surface area contributed by atoms with Crippen molar-refractivity contribution in [1.82, 2.24) is 5.06 Å². The Labute approximate surface area is 198 Å². The van der Waals surface area contributed by atoms with Crippen molar-refractivity contribution in [3.63, 3.8) is 0 Å². The number of ether oxygens (including phenoxy) is 4. The van der Waals surface area contributed by atoms with Gasteiger partial charge in [0.25, 0.3) is 0 Å². The highest BCUT2D eigenvalue weighted by Crippen LogP contribution is 2.54. The van der Waals surface area contributed by atoms with Gasteiger partial charge in [0.15, 0.2) is 5.79 Å². The summed E-state index contributed by atoms with van der Waals surface area (Å²) in [6.45, 7) is 13.5. The summed E-state index contributed by atoms with van der Waals surface area (Å²) in [5.74, 6) is 0.266. The maximum atomic E-state index is 9.64. The molecule has 7 nitrogen and oxygen atoms in total. The zero-order chi connectivity index (χ0) is 23.7. The summed E-state index contributed by atoms with van der Waals surface area (Å²) < 4.78 is 23.6. The Morgan fingerprint density at radius 2 is 1.82 bits per heavy atom. The average Bonchev–Trinajstić information content (AvgIpc) is 3.58. The predicted molar refractivity (Wildman–Crippen MR) is 125 cm³/mol. The molecular weight excluding hydrogens is 422 g/mol. The second-order valence-electron chi connectivity index (χ2n) is 10.3. The van der Waals surface area contributed by atoms with E-state index in [9.17, 15) is 5.11 Å². The normalized spacial score (nSPS) is 38.7. The fourth-order valence-corrected chi connectivity index (χ4v) is 5.40. The lowest BCUT2D eigenvalue weighted by Crippen LogP contribution is -2.71. The lowest BCUT2D eigenvalue weighted by Gasteiger charge is -2.61. The van der Waals surface area contributed by atoms with Crippen LogP contribution in [0.25, 0.3) is 0 Å². The summed E-state index contributed by atoms with van der Waals surface area (Å²) in [6.07, 6.45) is 3.34. The van der Waals surface area contributed by atoms with Gasteiger partial charge in [-0.3, -0.25) is 4.84 Å². The first-order valence-electron chi connectivity index (χ1n) is 12.5. The molecule has 0 amide bonds. The molecule has 4 rings (SSSR count). The Bertz CT molecular complexity index is 785. The van der Waals surface area contributed by atoms with E-state index in [1.165, 1.54) is 5.56 Å². The van der Waals surface area contributed by atoms with Gasteiger partial charge in [-0.05, 0) is 50.8 Å². The van der Waals surface area contributed by atoms with E-state index in [1.54, 1.807) is 0 Å². The molecule has 3 fully saturated rings. The van der Waals surface area contributed by atoms with Gasteiger partial charge in [0.1, 0.15) is 24.6 Å². The van der Waals surface area contributed by atoms with Gasteiger partial charge in [-0.25, -0.2) is 0 Å². The zero-order valence-corrected chi connectivity index (χ0v) is 20.8. The average molecular weight is 464 g/mol. The van der Waals surface area contributed by atoms with E-state index < -0.39 is 5.79 Å². The molecule has 33 heavy (non-hydrogen) atoms. The molecule has 0 bridgehead atoms. The van der Waals surface area contributed by atoms with Gasteiger partial charge in [0.05, 0.1) is 32.0 Å². The molecule has 0 saturated carbocycles. The van der Waals surface area contributed by atoms with E-state index in [4.69, 9.17) is 23.8 Å². The number of piperidine rings is 1. The molecule has 3 aliphatic rings. The number of epoxide rings is 1. The van der Waals surface area contributed by atoms with Gasteiger partial charge in [-0.2, -0.15) is 5.06 Å². The highest BCUT2D eigenvalue weighted by molar-refractivity contribution is 5.27. The fourth-order valence-electron chi connectivity index (χ4n) is 5.40. The van der Waals surface area contributed by atoms with Crippen LogP contribution in [0.4, 0.5) is 0 Å². The van der Waals surface area contributed by atoms with Crippen LogP contribution in [0.1, 0.15) is 59.4 Å². The molecule has 6 unspecified atom stereocenters. The third-order valence-corrected chi connectivity index (χ3v) is 8.11. The summed E-state index contributed by atoms with van der Waals surface area (Å²) in [4.78, 5) is 6.57. The first kappa shape index (κ1) is 24.9. The maximum Gasteiger partial charge on any atom is 0.175 e. The summed E-state index contributed by atoms with van der Waals surface area (Å²) in [5.41, 5.74) is 0.705. The molecule has 1 spiro atoms. The number of hydrogen-bond acceptors (Lipinski definition) is 7. The van der Waals surface area contributed by atoms with Gasteiger partial charge in [0.2, 0.25) is 0 Å². The highest BCUT2D eigenvalue weighted by atomic mass is 16.8. The standard InChI is InChI=1S/C26H41NO6/c1-6-24(4)18-26(31-17-22(14-28)33-26)19(3)25(5,7-2)27(24)32-13-12-20-8-10-21(11-9-20)29-15-23-16-30-23/h8-11,19,22-23,28H,6-7,12-18H2,1-5H3. The maximum absolute atomic E-state index is 9.64. The van der Waals surface area contributed by atoms with Gasteiger partial charge < -0.3 is 24.1 Å². The molecule has 3 saturated heterocycles. The van der Waals surface area contributed by atoms with Crippen molar-refractivity contribution in [2.45, 2.75) is 89.4 Å². The van der Waals surface area contributed by atoms with Crippen LogP contribution in [0.5, 0.6) is 5.75 Å². The second-order valence-corrected chi connectivity index (χ2v) is 10.3. The molecule has 0 aliphatic carbocycles. The molecule has 3 heterocycles. The van der Waals surface area contributed by atoms with Crippen molar-refractivity contribution < 1.29 is 28.9 Å². The smallest absolute Gasteiger partial charge is 0.175 e. The van der Waals surface area contributed by atoms with Gasteiger partial charge in [-0.15, -0.1) is 0 Å². The third-order valence-electron chi connectivity index (χ3n) is 8.11. The van der Waals surface area contributed by atoms with Gasteiger partial charge in [0, 0.05) is 17.9 Å². The van der Waals surface area contributed by atoms with E-state index >= 15 is 0 Å². The zero-order valence-electron chi connectivity index (χ0n) is 20.8. The Kier molecular flexibility index (Phi) is 7.39. The molecule has 186 valence electrons. The van der Waals surface area contributed by atoms with Crippen LogP contribution < -0.4 is 4.74 Å². The van der Waals surface area contributed by atoms with E-state index in [-0.39, 0.29) is 35.8 Å². The van der Waals surface area contributed by atoms with Gasteiger partial charge >= 0.3 is 0 Å².